The predicted octanol–water partition coefficient (Wildman–Crippen LogP) is 7.41. The van der Waals surface area contributed by atoms with Gasteiger partial charge in [0, 0.05) is 23.3 Å². The zero-order chi connectivity index (χ0) is 28.2. The normalized spacial score (nSPS) is 20.6. The van der Waals surface area contributed by atoms with Crippen LogP contribution in [0.2, 0.25) is 0 Å². The van der Waals surface area contributed by atoms with Gasteiger partial charge >= 0.3 is 0 Å². The molecule has 7 nitrogen and oxygen atoms in total. The topological polar surface area (TPSA) is 96.9 Å². The summed E-state index contributed by atoms with van der Waals surface area (Å²) in [6, 6.07) is 30.3. The van der Waals surface area contributed by atoms with Crippen molar-refractivity contribution in [1.29, 1.82) is 5.26 Å². The van der Waals surface area contributed by atoms with Crippen molar-refractivity contribution in [2.24, 2.45) is 0 Å². The summed E-state index contributed by atoms with van der Waals surface area (Å²) in [6.07, 6.45) is 1.90. The van der Waals surface area contributed by atoms with Gasteiger partial charge in [0.1, 0.15) is 22.8 Å². The Morgan fingerprint density at radius 2 is 1.54 bits per heavy atom. The number of fused-ring (bicyclic) bond motifs is 6. The first-order chi connectivity index (χ1) is 19.9. The number of hydrogen-bond donors (Lipinski definition) is 2. The Bertz CT molecular complexity index is 1840. The second-order valence-corrected chi connectivity index (χ2v) is 10.8. The molecule has 7 heteroatoms. The zero-order valence-electron chi connectivity index (χ0n) is 22.5. The van der Waals surface area contributed by atoms with Crippen LogP contribution in [0, 0.1) is 11.3 Å². The summed E-state index contributed by atoms with van der Waals surface area (Å²) in [7, 11) is 0. The van der Waals surface area contributed by atoms with Gasteiger partial charge in [-0.1, -0.05) is 48.5 Å². The molecule has 4 aromatic carbocycles. The Morgan fingerprint density at radius 1 is 0.829 bits per heavy atom. The number of aromatic hydroxyl groups is 2. The Hall–Kier alpha value is -4.93. The Kier molecular flexibility index (Phi) is 5.70. The fourth-order valence-electron chi connectivity index (χ4n) is 6.50. The highest BCUT2D eigenvalue weighted by molar-refractivity contribution is 5.95. The molecule has 204 valence electrons. The van der Waals surface area contributed by atoms with E-state index in [0.29, 0.717) is 59.7 Å². The van der Waals surface area contributed by atoms with Gasteiger partial charge in [-0.2, -0.15) is 5.26 Å². The summed E-state index contributed by atoms with van der Waals surface area (Å²) in [5.74, 6) is 2.00. The molecule has 1 fully saturated rings. The minimum atomic E-state index is -0.794. The van der Waals surface area contributed by atoms with Gasteiger partial charge in [-0.25, -0.2) is 0 Å². The third kappa shape index (κ3) is 3.91. The molecule has 2 aliphatic rings. The van der Waals surface area contributed by atoms with E-state index in [9.17, 15) is 15.5 Å². The van der Waals surface area contributed by atoms with Gasteiger partial charge in [0.15, 0.2) is 0 Å². The number of nitriles is 1. The van der Waals surface area contributed by atoms with Crippen LogP contribution in [0.3, 0.4) is 0 Å². The smallest absolute Gasteiger partial charge is 0.205 e. The van der Waals surface area contributed by atoms with Gasteiger partial charge in [-0.15, -0.1) is 0 Å². The van der Waals surface area contributed by atoms with Gasteiger partial charge in [0.25, 0.3) is 0 Å². The lowest BCUT2D eigenvalue weighted by Crippen LogP contribution is -2.25. The fourth-order valence-corrected chi connectivity index (χ4v) is 6.50. The Balaban J connectivity index is 1.19. The number of para-hydroxylation sites is 1. The quantitative estimate of drug-likeness (QED) is 0.221. The van der Waals surface area contributed by atoms with E-state index in [4.69, 9.17) is 14.2 Å². The molecule has 3 heterocycles. The van der Waals surface area contributed by atoms with E-state index < -0.39 is 11.2 Å². The average Bonchev–Trinajstić information content (AvgIpc) is 3.57. The standard InChI is InChI=1S/C34H28N2O5/c1-33-16-17-34(41-33,18-19-39-24-10-7-11-25(20-24)40-23-8-3-2-4-9-23)30-29(33)31(37)36(32(30)38)28-15-14-22(21-35)26-12-5-6-13-27(26)28/h2-15,20,37-38H,16-19H2,1H3/t33-,34-/m1/s1. The molecule has 0 amide bonds. The third-order valence-electron chi connectivity index (χ3n) is 8.35. The van der Waals surface area contributed by atoms with Crippen LogP contribution < -0.4 is 9.47 Å². The molecule has 2 N–H and O–H groups in total. The van der Waals surface area contributed by atoms with Crippen LogP contribution in [0.5, 0.6) is 29.0 Å². The second kappa shape index (κ2) is 9.33. The number of ether oxygens (including phenoxy) is 3. The molecule has 0 radical (unpaired) electrons. The van der Waals surface area contributed by atoms with Gasteiger partial charge in [-0.3, -0.25) is 4.57 Å². The largest absolute Gasteiger partial charge is 0.494 e. The molecule has 1 aromatic heterocycles. The van der Waals surface area contributed by atoms with E-state index in [2.05, 4.69) is 6.07 Å². The lowest BCUT2D eigenvalue weighted by atomic mass is 9.78. The van der Waals surface area contributed by atoms with Crippen molar-refractivity contribution in [2.75, 3.05) is 6.61 Å². The number of benzene rings is 4. The summed E-state index contributed by atoms with van der Waals surface area (Å²) < 4.78 is 20.2. The first kappa shape index (κ1) is 25.1. The summed E-state index contributed by atoms with van der Waals surface area (Å²) in [5.41, 5.74) is 0.847. The number of rotatable bonds is 7. The van der Waals surface area contributed by atoms with Gasteiger partial charge in [0.2, 0.25) is 11.8 Å². The molecular weight excluding hydrogens is 516 g/mol. The minimum absolute atomic E-state index is 0.0388. The zero-order valence-corrected chi connectivity index (χ0v) is 22.5. The number of aromatic nitrogens is 1. The first-order valence-electron chi connectivity index (χ1n) is 13.7. The van der Waals surface area contributed by atoms with Gasteiger partial charge in [-0.05, 0) is 56.2 Å². The van der Waals surface area contributed by atoms with Crippen molar-refractivity contribution in [3.63, 3.8) is 0 Å². The van der Waals surface area contributed by atoms with Crippen LogP contribution in [0.15, 0.2) is 91.0 Å². The molecule has 0 unspecified atom stereocenters. The maximum atomic E-state index is 11.7. The average molecular weight is 545 g/mol. The first-order valence-corrected chi connectivity index (χ1v) is 13.7. The molecule has 0 aliphatic carbocycles. The lowest BCUT2D eigenvalue weighted by molar-refractivity contribution is -0.0876. The molecule has 0 spiro atoms. The maximum Gasteiger partial charge on any atom is 0.205 e. The molecule has 2 aliphatic heterocycles. The summed E-state index contributed by atoms with van der Waals surface area (Å²) in [5, 5.41) is 34.3. The summed E-state index contributed by atoms with van der Waals surface area (Å²) in [4.78, 5) is 0. The molecular formula is C34H28N2O5. The van der Waals surface area contributed by atoms with E-state index in [1.165, 1.54) is 4.57 Å². The Morgan fingerprint density at radius 3 is 2.34 bits per heavy atom. The summed E-state index contributed by atoms with van der Waals surface area (Å²) >= 11 is 0. The van der Waals surface area contributed by atoms with Crippen molar-refractivity contribution in [3.05, 3.63) is 108 Å². The van der Waals surface area contributed by atoms with Gasteiger partial charge < -0.3 is 24.4 Å². The van der Waals surface area contributed by atoms with Crippen molar-refractivity contribution in [3.8, 4) is 40.8 Å². The number of nitrogens with zero attached hydrogens (tertiary/aromatic N) is 2. The SMILES string of the molecule is C[C@]12CC[C@](CCOc3cccc(Oc4ccccc4)c3)(O1)c1c2c(O)n(-c2ccc(C#N)c3ccccc23)c1O. The van der Waals surface area contributed by atoms with Crippen LogP contribution >= 0.6 is 0 Å². The van der Waals surface area contributed by atoms with Crippen molar-refractivity contribution in [1.82, 2.24) is 4.57 Å². The van der Waals surface area contributed by atoms with E-state index in [0.717, 1.165) is 16.5 Å². The fraction of sp³-hybridized carbons (Fsp3) is 0.206. The van der Waals surface area contributed by atoms with Crippen molar-refractivity contribution < 1.29 is 24.4 Å². The van der Waals surface area contributed by atoms with E-state index in [1.807, 2.05) is 85.8 Å². The monoisotopic (exact) mass is 544 g/mol. The molecule has 0 saturated carbocycles. The molecule has 1 saturated heterocycles. The highest BCUT2D eigenvalue weighted by atomic mass is 16.5. The van der Waals surface area contributed by atoms with Crippen LogP contribution in [-0.4, -0.2) is 21.4 Å². The molecule has 2 atom stereocenters. The third-order valence-corrected chi connectivity index (χ3v) is 8.35. The predicted molar refractivity (Wildman–Crippen MR) is 154 cm³/mol. The van der Waals surface area contributed by atoms with Crippen LogP contribution in [0.4, 0.5) is 0 Å². The second-order valence-electron chi connectivity index (χ2n) is 10.8. The van der Waals surface area contributed by atoms with E-state index in [-0.39, 0.29) is 11.8 Å². The minimum Gasteiger partial charge on any atom is -0.494 e. The highest BCUT2D eigenvalue weighted by Crippen LogP contribution is 2.65. The summed E-state index contributed by atoms with van der Waals surface area (Å²) in [6.45, 7) is 2.31. The lowest BCUT2D eigenvalue weighted by Gasteiger charge is -2.26. The van der Waals surface area contributed by atoms with E-state index >= 15 is 0 Å². The van der Waals surface area contributed by atoms with Gasteiger partial charge in [0.05, 0.1) is 40.7 Å². The molecule has 7 rings (SSSR count). The van der Waals surface area contributed by atoms with E-state index in [1.54, 1.807) is 12.1 Å². The molecule has 2 bridgehead atoms. The van der Waals surface area contributed by atoms with Crippen LogP contribution in [0.1, 0.15) is 42.9 Å². The van der Waals surface area contributed by atoms with Crippen molar-refractivity contribution >= 4 is 10.8 Å². The highest BCUT2D eigenvalue weighted by Gasteiger charge is 2.61. The maximum absolute atomic E-state index is 11.7. The van der Waals surface area contributed by atoms with Crippen LogP contribution in [0.25, 0.3) is 16.5 Å². The molecule has 5 aromatic rings. The van der Waals surface area contributed by atoms with Crippen molar-refractivity contribution in [2.45, 2.75) is 37.4 Å². The molecule has 41 heavy (non-hydrogen) atoms. The number of hydrogen-bond acceptors (Lipinski definition) is 6. The Labute approximate surface area is 237 Å². The van der Waals surface area contributed by atoms with Crippen LogP contribution in [-0.2, 0) is 15.9 Å².